The Balaban J connectivity index is 2.00. The molecular formula is C18H25NO5. The molecule has 0 bridgehead atoms. The zero-order chi connectivity index (χ0) is 17.7. The van der Waals surface area contributed by atoms with Crippen LogP contribution in [0.25, 0.3) is 0 Å². The van der Waals surface area contributed by atoms with E-state index in [2.05, 4.69) is 0 Å². The lowest BCUT2D eigenvalue weighted by atomic mass is 10.2. The molecule has 2 rings (SSSR count). The summed E-state index contributed by atoms with van der Waals surface area (Å²) in [7, 11) is 0. The highest BCUT2D eigenvalue weighted by molar-refractivity contribution is 5.92. The third-order valence-corrected chi connectivity index (χ3v) is 3.71. The number of hydrogen-bond donors (Lipinski definition) is 0. The highest BCUT2D eigenvalue weighted by atomic mass is 16.5. The van der Waals surface area contributed by atoms with Gasteiger partial charge in [0.05, 0.1) is 18.8 Å². The Hall–Kier alpha value is -2.24. The summed E-state index contributed by atoms with van der Waals surface area (Å²) in [6, 6.07) is 5.00. The molecule has 24 heavy (non-hydrogen) atoms. The molecule has 1 aromatic rings. The molecule has 0 aliphatic carbocycles. The number of carbonyl (C=O) groups is 2. The van der Waals surface area contributed by atoms with Crippen LogP contribution in [0.5, 0.6) is 11.5 Å². The monoisotopic (exact) mass is 335 g/mol. The summed E-state index contributed by atoms with van der Waals surface area (Å²) in [4.78, 5) is 26.1. The minimum absolute atomic E-state index is 0.0502. The Morgan fingerprint density at radius 3 is 2.33 bits per heavy atom. The van der Waals surface area contributed by atoms with Gasteiger partial charge < -0.3 is 19.1 Å². The van der Waals surface area contributed by atoms with Gasteiger partial charge in [-0.3, -0.25) is 4.79 Å². The molecule has 0 saturated heterocycles. The van der Waals surface area contributed by atoms with Crippen LogP contribution in [0.4, 0.5) is 0 Å². The van der Waals surface area contributed by atoms with Crippen molar-refractivity contribution < 1.29 is 23.8 Å². The topological polar surface area (TPSA) is 65.1 Å². The first-order valence-corrected chi connectivity index (χ1v) is 8.28. The molecule has 1 aromatic carbocycles. The van der Waals surface area contributed by atoms with E-state index in [1.807, 2.05) is 27.7 Å². The molecule has 0 N–H and O–H groups in total. The first-order chi connectivity index (χ1) is 11.4. The Labute approximate surface area is 142 Å². The van der Waals surface area contributed by atoms with Gasteiger partial charge in [-0.15, -0.1) is 0 Å². The molecular weight excluding hydrogens is 310 g/mol. The minimum Gasteiger partial charge on any atom is -0.490 e. The van der Waals surface area contributed by atoms with E-state index in [0.717, 1.165) is 6.42 Å². The van der Waals surface area contributed by atoms with E-state index < -0.39 is 5.97 Å². The summed E-state index contributed by atoms with van der Waals surface area (Å²) in [5, 5.41) is 0. The average molecular weight is 335 g/mol. The van der Waals surface area contributed by atoms with E-state index in [1.54, 1.807) is 23.1 Å². The maximum absolute atomic E-state index is 12.2. The third-order valence-electron chi connectivity index (χ3n) is 3.71. The predicted octanol–water partition coefficient (Wildman–Crippen LogP) is 2.65. The summed E-state index contributed by atoms with van der Waals surface area (Å²) >= 11 is 0. The van der Waals surface area contributed by atoms with Gasteiger partial charge in [0.2, 0.25) is 0 Å². The molecule has 0 aromatic heterocycles. The maximum atomic E-state index is 12.2. The van der Waals surface area contributed by atoms with Crippen LogP contribution in [-0.2, 0) is 9.53 Å². The molecule has 6 nitrogen and oxygen atoms in total. The van der Waals surface area contributed by atoms with Gasteiger partial charge in [-0.05, 0) is 45.9 Å². The van der Waals surface area contributed by atoms with Crippen LogP contribution in [-0.4, -0.2) is 48.7 Å². The molecule has 0 saturated carbocycles. The van der Waals surface area contributed by atoms with Gasteiger partial charge in [0.15, 0.2) is 18.1 Å². The first-order valence-electron chi connectivity index (χ1n) is 8.28. The fourth-order valence-corrected chi connectivity index (χ4v) is 2.75. The van der Waals surface area contributed by atoms with Crippen LogP contribution in [0.1, 0.15) is 44.5 Å². The lowest BCUT2D eigenvalue weighted by Crippen LogP contribution is -2.44. The molecule has 0 spiro atoms. The number of rotatable bonds is 5. The number of ether oxygens (including phenoxy) is 3. The Kier molecular flexibility index (Phi) is 6.06. The quantitative estimate of drug-likeness (QED) is 0.774. The van der Waals surface area contributed by atoms with Crippen LogP contribution in [0.3, 0.4) is 0 Å². The molecule has 0 atom stereocenters. The zero-order valence-corrected chi connectivity index (χ0v) is 14.7. The van der Waals surface area contributed by atoms with Crippen molar-refractivity contribution in [2.24, 2.45) is 0 Å². The molecule has 6 heteroatoms. The largest absolute Gasteiger partial charge is 0.490 e. The lowest BCUT2D eigenvalue weighted by Gasteiger charge is -2.30. The summed E-state index contributed by atoms with van der Waals surface area (Å²) in [5.74, 6) is 0.388. The number of esters is 1. The predicted molar refractivity (Wildman–Crippen MR) is 89.4 cm³/mol. The van der Waals surface area contributed by atoms with Crippen molar-refractivity contribution in [3.05, 3.63) is 23.8 Å². The van der Waals surface area contributed by atoms with Gasteiger partial charge >= 0.3 is 5.97 Å². The number of carbonyl (C=O) groups excluding carboxylic acids is 2. The van der Waals surface area contributed by atoms with Crippen LogP contribution in [0, 0.1) is 0 Å². The van der Waals surface area contributed by atoms with Gasteiger partial charge in [-0.1, -0.05) is 0 Å². The van der Waals surface area contributed by atoms with Crippen LogP contribution >= 0.6 is 0 Å². The molecule has 1 aliphatic heterocycles. The second kappa shape index (κ2) is 8.04. The molecule has 1 heterocycles. The molecule has 1 amide bonds. The van der Waals surface area contributed by atoms with Crippen LogP contribution in [0.15, 0.2) is 18.2 Å². The fraction of sp³-hybridized carbons (Fsp3) is 0.556. The first kappa shape index (κ1) is 18.1. The SMILES string of the molecule is CC(C)N(C(=O)COC(=O)c1ccc2c(c1)OCCCO2)C(C)C. The molecule has 1 aliphatic rings. The molecule has 0 radical (unpaired) electrons. The van der Waals surface area contributed by atoms with Gasteiger partial charge in [0.1, 0.15) is 0 Å². The van der Waals surface area contributed by atoms with E-state index in [1.165, 1.54) is 0 Å². The van der Waals surface area contributed by atoms with E-state index in [9.17, 15) is 9.59 Å². The van der Waals surface area contributed by atoms with Crippen molar-refractivity contribution in [1.82, 2.24) is 4.90 Å². The normalized spacial score (nSPS) is 13.6. The van der Waals surface area contributed by atoms with Crippen molar-refractivity contribution in [2.45, 2.75) is 46.2 Å². The Morgan fingerprint density at radius 1 is 1.08 bits per heavy atom. The number of hydrogen-bond acceptors (Lipinski definition) is 5. The molecule has 0 unspecified atom stereocenters. The van der Waals surface area contributed by atoms with Crippen molar-refractivity contribution in [3.8, 4) is 11.5 Å². The third kappa shape index (κ3) is 4.40. The summed E-state index contributed by atoms with van der Waals surface area (Å²) in [5.41, 5.74) is 0.340. The van der Waals surface area contributed by atoms with Gasteiger partial charge in [0, 0.05) is 18.5 Å². The van der Waals surface area contributed by atoms with E-state index in [0.29, 0.717) is 30.3 Å². The standard InChI is InChI=1S/C18H25NO5/c1-12(2)19(13(3)4)17(20)11-24-18(21)14-6-7-15-16(10-14)23-9-5-8-22-15/h6-7,10,12-13H,5,8-9,11H2,1-4H3. The van der Waals surface area contributed by atoms with Gasteiger partial charge in [0.25, 0.3) is 5.91 Å². The number of nitrogens with zero attached hydrogens (tertiary/aromatic N) is 1. The molecule has 132 valence electrons. The molecule has 0 fully saturated rings. The second-order valence-corrected chi connectivity index (χ2v) is 6.28. The number of benzene rings is 1. The summed E-state index contributed by atoms with van der Waals surface area (Å²) < 4.78 is 16.3. The van der Waals surface area contributed by atoms with Crippen molar-refractivity contribution in [2.75, 3.05) is 19.8 Å². The summed E-state index contributed by atoms with van der Waals surface area (Å²) in [6.45, 7) is 8.59. The second-order valence-electron chi connectivity index (χ2n) is 6.28. The van der Waals surface area contributed by atoms with Crippen molar-refractivity contribution in [3.63, 3.8) is 0 Å². The highest BCUT2D eigenvalue weighted by Gasteiger charge is 2.22. The average Bonchev–Trinajstić information content (AvgIpc) is 2.76. The lowest BCUT2D eigenvalue weighted by molar-refractivity contribution is -0.138. The summed E-state index contributed by atoms with van der Waals surface area (Å²) in [6.07, 6.45) is 0.795. The Morgan fingerprint density at radius 2 is 1.71 bits per heavy atom. The van der Waals surface area contributed by atoms with E-state index in [4.69, 9.17) is 14.2 Å². The fourth-order valence-electron chi connectivity index (χ4n) is 2.75. The van der Waals surface area contributed by atoms with Crippen molar-refractivity contribution >= 4 is 11.9 Å². The van der Waals surface area contributed by atoms with Gasteiger partial charge in [-0.25, -0.2) is 4.79 Å². The zero-order valence-electron chi connectivity index (χ0n) is 14.7. The van der Waals surface area contributed by atoms with Crippen molar-refractivity contribution in [1.29, 1.82) is 0 Å². The van der Waals surface area contributed by atoms with E-state index in [-0.39, 0.29) is 24.6 Å². The maximum Gasteiger partial charge on any atom is 0.338 e. The van der Waals surface area contributed by atoms with Gasteiger partial charge in [-0.2, -0.15) is 0 Å². The minimum atomic E-state index is -0.550. The number of fused-ring (bicyclic) bond motifs is 1. The highest BCUT2D eigenvalue weighted by Crippen LogP contribution is 2.30. The van der Waals surface area contributed by atoms with Crippen LogP contribution < -0.4 is 9.47 Å². The number of amides is 1. The van der Waals surface area contributed by atoms with E-state index >= 15 is 0 Å². The Bertz CT molecular complexity index is 589. The smallest absolute Gasteiger partial charge is 0.338 e. The van der Waals surface area contributed by atoms with Crippen LogP contribution in [0.2, 0.25) is 0 Å².